The van der Waals surface area contributed by atoms with Gasteiger partial charge in [-0.1, -0.05) is 5.57 Å². The molecule has 2 atom stereocenters. The molecule has 0 unspecified atom stereocenters. The summed E-state index contributed by atoms with van der Waals surface area (Å²) in [6, 6.07) is 12.5. The lowest BCUT2D eigenvalue weighted by atomic mass is 9.65. The van der Waals surface area contributed by atoms with Crippen molar-refractivity contribution in [2.24, 2.45) is 5.41 Å². The van der Waals surface area contributed by atoms with Crippen LogP contribution in [-0.4, -0.2) is 40.7 Å². The number of hydrogen-bond acceptors (Lipinski definition) is 5. The van der Waals surface area contributed by atoms with Gasteiger partial charge in [-0.3, -0.25) is 0 Å². The van der Waals surface area contributed by atoms with Crippen molar-refractivity contribution < 1.29 is 35.5 Å². The van der Waals surface area contributed by atoms with Crippen LogP contribution >= 0.6 is 0 Å². The number of hydrogen-bond donors (Lipinski definition) is 1. The Hall–Kier alpha value is -3.74. The lowest BCUT2D eigenvalue weighted by Crippen LogP contribution is -2.52. The maximum Gasteiger partial charge on any atom is 0.416 e. The van der Waals surface area contributed by atoms with Crippen LogP contribution < -0.4 is 0 Å². The summed E-state index contributed by atoms with van der Waals surface area (Å²) in [4.78, 5) is -0.267. The highest BCUT2D eigenvalue weighted by Crippen LogP contribution is 2.52. The van der Waals surface area contributed by atoms with Crippen molar-refractivity contribution in [3.05, 3.63) is 107 Å². The van der Waals surface area contributed by atoms with Gasteiger partial charge >= 0.3 is 6.18 Å². The second kappa shape index (κ2) is 9.43. The number of aromatic nitrogens is 2. The molecule has 1 saturated heterocycles. The average Bonchev–Trinajstić information content (AvgIpc) is 3.61. The number of halogens is 4. The van der Waals surface area contributed by atoms with E-state index in [0.29, 0.717) is 5.69 Å². The Morgan fingerprint density at radius 1 is 1.05 bits per heavy atom. The van der Waals surface area contributed by atoms with E-state index in [-0.39, 0.29) is 42.4 Å². The molecule has 2 aromatic heterocycles. The zero-order valence-corrected chi connectivity index (χ0v) is 21.7. The number of sulfonamides is 1. The molecule has 4 aromatic rings. The van der Waals surface area contributed by atoms with Crippen LogP contribution in [0.4, 0.5) is 17.6 Å². The van der Waals surface area contributed by atoms with Crippen molar-refractivity contribution in [3.8, 4) is 5.69 Å². The Labute approximate surface area is 227 Å². The van der Waals surface area contributed by atoms with Gasteiger partial charge in [0.1, 0.15) is 17.7 Å². The van der Waals surface area contributed by atoms with Crippen molar-refractivity contribution in [3.63, 3.8) is 0 Å². The van der Waals surface area contributed by atoms with Crippen LogP contribution in [0.3, 0.4) is 0 Å². The Morgan fingerprint density at radius 2 is 1.77 bits per heavy atom. The van der Waals surface area contributed by atoms with E-state index in [1.54, 1.807) is 35.1 Å². The molecule has 12 heteroatoms. The van der Waals surface area contributed by atoms with E-state index in [1.165, 1.54) is 22.7 Å². The van der Waals surface area contributed by atoms with Crippen molar-refractivity contribution in [2.75, 3.05) is 13.1 Å². The normalized spacial score (nSPS) is 20.5. The van der Waals surface area contributed by atoms with Gasteiger partial charge in [-0.25, -0.2) is 17.5 Å². The minimum Gasteiger partial charge on any atom is -0.467 e. The van der Waals surface area contributed by atoms with E-state index in [4.69, 9.17) is 4.42 Å². The first-order chi connectivity index (χ1) is 19.0. The lowest BCUT2D eigenvalue weighted by Gasteiger charge is -2.48. The molecule has 2 aliphatic rings. The molecule has 0 radical (unpaired) electrons. The summed E-state index contributed by atoms with van der Waals surface area (Å²) < 4.78 is 88.3. The molecule has 40 heavy (non-hydrogen) atoms. The van der Waals surface area contributed by atoms with E-state index in [1.807, 2.05) is 6.08 Å². The van der Waals surface area contributed by atoms with Crippen molar-refractivity contribution >= 4 is 16.1 Å². The molecule has 1 fully saturated rings. The number of aliphatic hydroxyl groups excluding tert-OH is 1. The second-order valence-electron chi connectivity index (χ2n) is 9.97. The largest absolute Gasteiger partial charge is 0.467 e. The van der Waals surface area contributed by atoms with Gasteiger partial charge in [0, 0.05) is 18.5 Å². The predicted octanol–water partition coefficient (Wildman–Crippen LogP) is 5.38. The van der Waals surface area contributed by atoms with Crippen molar-refractivity contribution in [2.45, 2.75) is 30.0 Å². The van der Waals surface area contributed by atoms with Gasteiger partial charge in [0.2, 0.25) is 10.0 Å². The Bertz CT molecular complexity index is 1680. The first-order valence-electron chi connectivity index (χ1n) is 12.4. The Balaban J connectivity index is 1.40. The Kier molecular flexibility index (Phi) is 6.24. The third-order valence-corrected chi connectivity index (χ3v) is 9.52. The third kappa shape index (κ3) is 4.36. The first kappa shape index (κ1) is 26.5. The summed E-state index contributed by atoms with van der Waals surface area (Å²) in [6.07, 6.45) is -0.416. The van der Waals surface area contributed by atoms with Crippen LogP contribution in [0.1, 0.15) is 35.1 Å². The number of aliphatic hydroxyl groups is 1. The summed E-state index contributed by atoms with van der Waals surface area (Å²) >= 11 is 0. The van der Waals surface area contributed by atoms with E-state index in [0.717, 1.165) is 41.1 Å². The van der Waals surface area contributed by atoms with Gasteiger partial charge < -0.3 is 9.52 Å². The van der Waals surface area contributed by atoms with Crippen LogP contribution in [0.2, 0.25) is 0 Å². The van der Waals surface area contributed by atoms with Gasteiger partial charge in [-0.05, 0) is 85.1 Å². The van der Waals surface area contributed by atoms with E-state index >= 15 is 0 Å². The maximum absolute atomic E-state index is 13.6. The third-order valence-electron chi connectivity index (χ3n) is 7.66. The molecule has 0 amide bonds. The highest BCUT2D eigenvalue weighted by atomic mass is 32.2. The molecule has 0 saturated carbocycles. The average molecular weight is 574 g/mol. The van der Waals surface area contributed by atoms with Crippen LogP contribution in [0, 0.1) is 11.2 Å². The SMILES string of the molecule is O=S(=O)(c1ccc(C(F)(F)F)cc1)N1CCC2=Cc3c(cnn3-c3ccc(F)cc3)C[C@]2([C@@H](O)c2ccco2)C1. The summed E-state index contributed by atoms with van der Waals surface area (Å²) in [7, 11) is -4.19. The van der Waals surface area contributed by atoms with Gasteiger partial charge in [-0.2, -0.15) is 22.6 Å². The Morgan fingerprint density at radius 3 is 2.42 bits per heavy atom. The molecule has 0 spiro atoms. The fourth-order valence-electron chi connectivity index (χ4n) is 5.60. The van der Waals surface area contributed by atoms with Crippen LogP contribution in [0.25, 0.3) is 11.8 Å². The highest BCUT2D eigenvalue weighted by molar-refractivity contribution is 7.89. The van der Waals surface area contributed by atoms with Crippen LogP contribution in [0.5, 0.6) is 0 Å². The highest BCUT2D eigenvalue weighted by Gasteiger charge is 2.51. The number of furan rings is 1. The molecule has 1 N–H and O–H groups in total. The van der Waals surface area contributed by atoms with Gasteiger partial charge in [0.25, 0.3) is 0 Å². The summed E-state index contributed by atoms with van der Waals surface area (Å²) in [5.41, 5.74) is 0.833. The second-order valence-corrected chi connectivity index (χ2v) is 11.9. The lowest BCUT2D eigenvalue weighted by molar-refractivity contribution is -0.137. The number of benzene rings is 2. The number of rotatable bonds is 5. The van der Waals surface area contributed by atoms with Gasteiger partial charge in [-0.15, -0.1) is 0 Å². The number of alkyl halides is 3. The zero-order valence-electron chi connectivity index (χ0n) is 20.8. The topological polar surface area (TPSA) is 88.6 Å². The maximum atomic E-state index is 13.6. The molecule has 6 rings (SSSR count). The molecule has 3 heterocycles. The zero-order chi connectivity index (χ0) is 28.3. The first-order valence-corrected chi connectivity index (χ1v) is 13.9. The summed E-state index contributed by atoms with van der Waals surface area (Å²) in [5.74, 6) is -0.126. The van der Waals surface area contributed by atoms with E-state index in [9.17, 15) is 31.1 Å². The monoisotopic (exact) mass is 573 g/mol. The number of piperidine rings is 1. The summed E-state index contributed by atoms with van der Waals surface area (Å²) in [5, 5.41) is 16.1. The molecule has 2 aromatic carbocycles. The van der Waals surface area contributed by atoms with Gasteiger partial charge in [0.05, 0.1) is 34.3 Å². The fourth-order valence-corrected chi connectivity index (χ4v) is 7.11. The molecule has 1 aliphatic carbocycles. The van der Waals surface area contributed by atoms with E-state index in [2.05, 4.69) is 5.10 Å². The van der Waals surface area contributed by atoms with Gasteiger partial charge in [0.15, 0.2) is 0 Å². The van der Waals surface area contributed by atoms with Crippen LogP contribution in [0.15, 0.2) is 88.0 Å². The molecule has 7 nitrogen and oxygen atoms in total. The molecular formula is C28H23F4N3O4S. The van der Waals surface area contributed by atoms with Crippen molar-refractivity contribution in [1.29, 1.82) is 0 Å². The fraction of sp³-hybridized carbons (Fsp3) is 0.250. The van der Waals surface area contributed by atoms with E-state index < -0.39 is 33.3 Å². The summed E-state index contributed by atoms with van der Waals surface area (Å²) in [6.45, 7) is -0.0763. The minimum absolute atomic E-state index is 0.0574. The molecule has 0 bridgehead atoms. The molecule has 1 aliphatic heterocycles. The smallest absolute Gasteiger partial charge is 0.416 e. The molecular weight excluding hydrogens is 550 g/mol. The standard InChI is InChI=1S/C28H23F4N3O4S/c29-21-5-7-22(8-6-21)35-24-14-20-11-12-34(40(37,38)23-9-3-19(4-10-23)28(30,31)32)17-27(20,15-18(24)16-33-35)26(36)25-2-1-13-39-25/h1-10,13-14,16,26,36H,11-12,15,17H2/t26-,27-/m0/s1. The quantitative estimate of drug-likeness (QED) is 0.324. The van der Waals surface area contributed by atoms with Crippen molar-refractivity contribution in [1.82, 2.24) is 14.1 Å². The number of nitrogens with zero attached hydrogens (tertiary/aromatic N) is 3. The van der Waals surface area contributed by atoms with Crippen LogP contribution in [-0.2, 0) is 22.6 Å². The molecule has 208 valence electrons. The predicted molar refractivity (Wildman–Crippen MR) is 136 cm³/mol. The number of fused-ring (bicyclic) bond motifs is 2. The minimum atomic E-state index is -4.59.